The molecule has 2 N–H and O–H groups in total. The van der Waals surface area contributed by atoms with Crippen LogP contribution in [0.2, 0.25) is 5.02 Å². The van der Waals surface area contributed by atoms with Crippen molar-refractivity contribution >= 4 is 29.2 Å². The summed E-state index contributed by atoms with van der Waals surface area (Å²) in [6, 6.07) is 11.7. The summed E-state index contributed by atoms with van der Waals surface area (Å²) in [5, 5.41) is 5.96. The molecule has 3 amide bonds. The van der Waals surface area contributed by atoms with Crippen LogP contribution in [-0.2, 0) is 11.3 Å². The van der Waals surface area contributed by atoms with Crippen LogP contribution in [0.5, 0.6) is 0 Å². The van der Waals surface area contributed by atoms with Gasteiger partial charge < -0.3 is 10.6 Å². The molecule has 1 aliphatic heterocycles. The van der Waals surface area contributed by atoms with Crippen LogP contribution in [0, 0.1) is 5.82 Å². The third-order valence-electron chi connectivity index (χ3n) is 3.74. The highest BCUT2D eigenvalue weighted by atomic mass is 35.5. The van der Waals surface area contributed by atoms with E-state index in [1.54, 1.807) is 36.4 Å². The summed E-state index contributed by atoms with van der Waals surface area (Å²) in [7, 11) is 0. The molecule has 0 spiro atoms. The Balaban J connectivity index is 1.59. The van der Waals surface area contributed by atoms with Gasteiger partial charge in [0.25, 0.3) is 0 Å². The number of nitrogens with one attached hydrogen (secondary N) is 2. The average Bonchev–Trinajstić information content (AvgIpc) is 2.97. The van der Waals surface area contributed by atoms with Gasteiger partial charge in [0.2, 0.25) is 5.91 Å². The number of carbonyl (C=O) groups is 2. The van der Waals surface area contributed by atoms with Crippen LogP contribution >= 0.6 is 11.6 Å². The van der Waals surface area contributed by atoms with E-state index < -0.39 is 6.04 Å². The van der Waals surface area contributed by atoms with Gasteiger partial charge in [0, 0.05) is 17.3 Å². The predicted octanol–water partition coefficient (Wildman–Crippen LogP) is 2.69. The van der Waals surface area contributed by atoms with Crippen molar-refractivity contribution in [3.63, 3.8) is 0 Å². The molecule has 1 atom stereocenters. The lowest BCUT2D eigenvalue weighted by Crippen LogP contribution is -2.42. The summed E-state index contributed by atoms with van der Waals surface area (Å²) in [6.07, 6.45) is 0. The van der Waals surface area contributed by atoms with E-state index in [9.17, 15) is 14.0 Å². The Labute approximate surface area is 143 Å². The van der Waals surface area contributed by atoms with Crippen LogP contribution in [0.25, 0.3) is 0 Å². The summed E-state index contributed by atoms with van der Waals surface area (Å²) in [4.78, 5) is 25.7. The quantitative estimate of drug-likeness (QED) is 0.893. The molecule has 1 fully saturated rings. The van der Waals surface area contributed by atoms with Crippen molar-refractivity contribution in [3.05, 3.63) is 64.9 Å². The number of anilines is 1. The molecule has 2 aromatic rings. The second-order valence-electron chi connectivity index (χ2n) is 5.43. The molecular weight excluding hydrogens is 333 g/mol. The number of urea groups is 1. The molecule has 3 rings (SSSR count). The van der Waals surface area contributed by atoms with Crippen LogP contribution in [0.4, 0.5) is 14.9 Å². The largest absolute Gasteiger partial charge is 0.350 e. The first-order chi connectivity index (χ1) is 11.5. The minimum Gasteiger partial charge on any atom is -0.350 e. The molecule has 0 saturated carbocycles. The van der Waals surface area contributed by atoms with Crippen molar-refractivity contribution in [2.75, 3.05) is 11.4 Å². The minimum atomic E-state index is -0.645. The number of amides is 3. The van der Waals surface area contributed by atoms with Crippen LogP contribution < -0.4 is 15.5 Å². The maximum absolute atomic E-state index is 12.9. The molecule has 1 saturated heterocycles. The molecule has 1 heterocycles. The molecule has 0 aromatic heterocycles. The van der Waals surface area contributed by atoms with Crippen molar-refractivity contribution in [1.29, 1.82) is 0 Å². The van der Waals surface area contributed by atoms with Crippen molar-refractivity contribution in [1.82, 2.24) is 10.6 Å². The summed E-state index contributed by atoms with van der Waals surface area (Å²) in [6.45, 7) is 0.502. The van der Waals surface area contributed by atoms with E-state index in [2.05, 4.69) is 10.6 Å². The van der Waals surface area contributed by atoms with Crippen molar-refractivity contribution < 1.29 is 14.0 Å². The maximum Gasteiger partial charge on any atom is 0.322 e. The fourth-order valence-corrected chi connectivity index (χ4v) is 2.57. The Hall–Kier alpha value is -2.60. The molecule has 1 unspecified atom stereocenters. The molecule has 124 valence electrons. The number of hydrogen-bond donors (Lipinski definition) is 2. The van der Waals surface area contributed by atoms with Crippen LogP contribution in [-0.4, -0.2) is 24.5 Å². The number of carbonyl (C=O) groups excluding carboxylic acids is 2. The molecule has 0 radical (unpaired) electrons. The van der Waals surface area contributed by atoms with Crippen molar-refractivity contribution in [2.45, 2.75) is 12.6 Å². The van der Waals surface area contributed by atoms with Crippen LogP contribution in [0.1, 0.15) is 5.56 Å². The number of nitrogens with zero attached hydrogens (tertiary/aromatic N) is 1. The normalized spacial score (nSPS) is 16.8. The Kier molecular flexibility index (Phi) is 4.66. The van der Waals surface area contributed by atoms with Gasteiger partial charge in [-0.05, 0) is 42.0 Å². The van der Waals surface area contributed by atoms with Gasteiger partial charge in [-0.1, -0.05) is 23.7 Å². The van der Waals surface area contributed by atoms with E-state index in [-0.39, 0.29) is 30.8 Å². The van der Waals surface area contributed by atoms with Crippen molar-refractivity contribution in [2.24, 2.45) is 0 Å². The summed E-state index contributed by atoms with van der Waals surface area (Å²) in [5.41, 5.74) is 1.45. The number of halogens is 2. The van der Waals surface area contributed by atoms with Crippen LogP contribution in [0.15, 0.2) is 48.5 Å². The van der Waals surface area contributed by atoms with Gasteiger partial charge in [0.05, 0.1) is 6.54 Å². The molecule has 5 nitrogen and oxygen atoms in total. The molecular formula is C17H15ClFN3O2. The lowest BCUT2D eigenvalue weighted by atomic mass is 10.2. The fraction of sp³-hybridized carbons (Fsp3) is 0.176. The third kappa shape index (κ3) is 3.65. The third-order valence-corrected chi connectivity index (χ3v) is 3.99. The van der Waals surface area contributed by atoms with Gasteiger partial charge in [-0.2, -0.15) is 0 Å². The van der Waals surface area contributed by atoms with E-state index >= 15 is 0 Å². The van der Waals surface area contributed by atoms with Gasteiger partial charge in [0.1, 0.15) is 11.9 Å². The number of rotatable bonds is 4. The zero-order chi connectivity index (χ0) is 17.1. The molecule has 0 bridgehead atoms. The fourth-order valence-electron chi connectivity index (χ4n) is 2.44. The Morgan fingerprint density at radius 1 is 1.21 bits per heavy atom. The molecule has 2 aromatic carbocycles. The van der Waals surface area contributed by atoms with Gasteiger partial charge in [-0.25, -0.2) is 9.18 Å². The second kappa shape index (κ2) is 6.88. The predicted molar refractivity (Wildman–Crippen MR) is 89.4 cm³/mol. The highest BCUT2D eigenvalue weighted by molar-refractivity contribution is 6.30. The molecule has 1 aliphatic rings. The number of hydrogen-bond acceptors (Lipinski definition) is 2. The van der Waals surface area contributed by atoms with E-state index in [1.165, 1.54) is 17.0 Å². The average molecular weight is 348 g/mol. The topological polar surface area (TPSA) is 61.4 Å². The van der Waals surface area contributed by atoms with Gasteiger partial charge in [0.15, 0.2) is 0 Å². The zero-order valence-corrected chi connectivity index (χ0v) is 13.4. The van der Waals surface area contributed by atoms with E-state index in [0.717, 1.165) is 5.56 Å². The monoisotopic (exact) mass is 347 g/mol. The van der Waals surface area contributed by atoms with Gasteiger partial charge in [-0.3, -0.25) is 9.69 Å². The Morgan fingerprint density at radius 2 is 1.88 bits per heavy atom. The Bertz CT molecular complexity index is 749. The summed E-state index contributed by atoms with van der Waals surface area (Å²) in [5.74, 6) is -0.615. The van der Waals surface area contributed by atoms with Crippen LogP contribution in [0.3, 0.4) is 0 Å². The highest BCUT2D eigenvalue weighted by Gasteiger charge is 2.34. The molecule has 0 aliphatic carbocycles. The first-order valence-electron chi connectivity index (χ1n) is 7.39. The van der Waals surface area contributed by atoms with Gasteiger partial charge in [-0.15, -0.1) is 0 Å². The first-order valence-corrected chi connectivity index (χ1v) is 7.76. The second-order valence-corrected chi connectivity index (χ2v) is 5.87. The SMILES string of the molecule is O=C(NCc1ccc(F)cc1)C1CN(c2ccc(Cl)cc2)C(=O)N1. The molecule has 24 heavy (non-hydrogen) atoms. The first kappa shape index (κ1) is 16.3. The lowest BCUT2D eigenvalue weighted by molar-refractivity contribution is -0.122. The lowest BCUT2D eigenvalue weighted by Gasteiger charge is -2.14. The summed E-state index contributed by atoms with van der Waals surface area (Å²) >= 11 is 5.84. The van der Waals surface area contributed by atoms with E-state index in [1.807, 2.05) is 0 Å². The summed E-state index contributed by atoms with van der Waals surface area (Å²) < 4.78 is 12.9. The minimum absolute atomic E-state index is 0.232. The van der Waals surface area contributed by atoms with Gasteiger partial charge >= 0.3 is 6.03 Å². The van der Waals surface area contributed by atoms with E-state index in [0.29, 0.717) is 10.7 Å². The highest BCUT2D eigenvalue weighted by Crippen LogP contribution is 2.21. The number of benzene rings is 2. The maximum atomic E-state index is 12.9. The van der Waals surface area contributed by atoms with E-state index in [4.69, 9.17) is 11.6 Å². The van der Waals surface area contributed by atoms with Crippen molar-refractivity contribution in [3.8, 4) is 0 Å². The standard InChI is InChI=1S/C17H15ClFN3O2/c18-12-3-7-14(8-4-12)22-10-15(21-17(22)24)16(23)20-9-11-1-5-13(19)6-2-11/h1-8,15H,9-10H2,(H,20,23)(H,21,24). The smallest absolute Gasteiger partial charge is 0.322 e. The Morgan fingerprint density at radius 3 is 2.54 bits per heavy atom. The zero-order valence-electron chi connectivity index (χ0n) is 12.6. The molecule has 7 heteroatoms.